The van der Waals surface area contributed by atoms with Gasteiger partial charge in [-0.25, -0.2) is 9.78 Å². The Kier molecular flexibility index (Phi) is 23.5. The van der Waals surface area contributed by atoms with Gasteiger partial charge in [0.05, 0.1) is 12.9 Å². The first kappa shape index (κ1) is 60.0. The van der Waals surface area contributed by atoms with E-state index in [4.69, 9.17) is 11.5 Å². The molecule has 16 N–H and O–H groups in total. The predicted molar refractivity (Wildman–Crippen MR) is 276 cm³/mol. The number of aliphatic carboxylic acids is 1. The zero-order chi connectivity index (χ0) is 55.4. The van der Waals surface area contributed by atoms with Gasteiger partial charge in [0.15, 0.2) is 5.96 Å². The first-order valence-electron chi connectivity index (χ1n) is 24.9. The van der Waals surface area contributed by atoms with E-state index < -0.39 is 109 Å². The highest BCUT2D eigenvalue weighted by molar-refractivity contribution is 6.58. The number of carbonyl (C=O) groups is 8. The van der Waals surface area contributed by atoms with Gasteiger partial charge in [0, 0.05) is 44.2 Å². The van der Waals surface area contributed by atoms with Gasteiger partial charge in [-0.3, -0.25) is 38.6 Å². The number of aromatic hydroxyl groups is 1. The maximum atomic E-state index is 14.6. The summed E-state index contributed by atoms with van der Waals surface area (Å²) >= 11 is 0. The third-order valence-corrected chi connectivity index (χ3v) is 12.7. The lowest BCUT2D eigenvalue weighted by atomic mass is 9.80. The number of hydrogen-bond donors (Lipinski definition) is 14. The monoisotopic (exact) mass is 1050 g/mol. The second-order valence-electron chi connectivity index (χ2n) is 18.9. The molecule has 0 bridgehead atoms. The van der Waals surface area contributed by atoms with Crippen molar-refractivity contribution in [1.29, 1.82) is 0 Å². The summed E-state index contributed by atoms with van der Waals surface area (Å²) in [4.78, 5) is 123. The molecule has 4 rings (SSSR count). The van der Waals surface area contributed by atoms with Crippen LogP contribution < -0.4 is 54.1 Å². The number of nitrogens with two attached hydrogens (primary N) is 2. The molecule has 0 spiro atoms. The van der Waals surface area contributed by atoms with E-state index in [1.165, 1.54) is 53.8 Å². The second-order valence-corrected chi connectivity index (χ2v) is 18.9. The molecular formula is C49H72BN13O12. The number of rotatable bonds is 29. The molecule has 0 radical (unpaired) electrons. The molecule has 25 nitrogen and oxygen atoms in total. The van der Waals surface area contributed by atoms with Crippen molar-refractivity contribution in [3.8, 4) is 5.75 Å². The Balaban J connectivity index is 1.58. The van der Waals surface area contributed by atoms with Gasteiger partial charge in [-0.05, 0) is 73.3 Å². The molecule has 2 aromatic carbocycles. The second kappa shape index (κ2) is 29.3. The molecule has 1 aliphatic rings. The standard InChI is InChI=1S/C49H72BN13O12/c1-6-28(4)41(46(70)59-36(23-32-24-54-26-56-32)47(71)63-20-8-10-38(63)44(68)60-37(48(72)73)22-29-11-15-31(16-12-29)50(74)75)62-43(67)35(21-30-13-17-33(64)18-14-30)58-45(69)40(27(2)3)61-42(66)34(57-39(65)25-53-5)9-7-19-55-49(51)52/h11-18,24,26-28,34-38,40-41,53,64,74-75H,6-10,19-23,25H2,1-5H3,(H,54,56)(H,57,65)(H,58,69)(H,59,70)(H,60,68)(H,61,66)(H,62,67)(H,72,73)(H4,51,52,55)/t28-,34+,35-,36-,37+,38+,40-,41-/m0/s1. The number of aliphatic imine (C=N–C) groups is 1. The summed E-state index contributed by atoms with van der Waals surface area (Å²) in [5.74, 6) is -7.53. The van der Waals surface area contributed by atoms with Crippen LogP contribution >= 0.6 is 0 Å². The molecule has 3 aromatic rings. The normalized spacial score (nSPS) is 15.9. The molecule has 0 unspecified atom stereocenters. The molecule has 75 heavy (non-hydrogen) atoms. The number of carboxylic acid groups (broad SMARTS) is 1. The number of phenolic OH excluding ortho intramolecular Hbond substituents is 1. The molecule has 1 fully saturated rings. The fourth-order valence-electron chi connectivity index (χ4n) is 8.37. The number of hydrogen-bond acceptors (Lipinski definition) is 14. The summed E-state index contributed by atoms with van der Waals surface area (Å²) in [6.07, 6.45) is 3.78. The molecule has 2 heterocycles. The van der Waals surface area contributed by atoms with Gasteiger partial charge >= 0.3 is 13.1 Å². The van der Waals surface area contributed by atoms with Crippen LogP contribution in [0.4, 0.5) is 0 Å². The number of likely N-dealkylation sites (tertiary alicyclic amines) is 1. The SMILES string of the molecule is CC[C@H](C)[C@H](NC(=O)[C@H](Cc1ccc(O)cc1)NC(=O)[C@@H](NC(=O)[C@@H](CCCN=C(N)N)NC(=O)CNC)C(C)C)C(=O)N[C@@H](Cc1cnc[nH]1)C(=O)N1CCC[C@@H]1C(=O)N[C@H](Cc1ccc(B(O)O)cc1)C(=O)O. The summed E-state index contributed by atoms with van der Waals surface area (Å²) in [5.41, 5.74) is 12.5. The lowest BCUT2D eigenvalue weighted by molar-refractivity contribution is -0.145. The number of phenols is 1. The fourth-order valence-corrected chi connectivity index (χ4v) is 8.37. The average molecular weight is 1050 g/mol. The molecule has 26 heteroatoms. The summed E-state index contributed by atoms with van der Waals surface area (Å²) in [5, 5.41) is 57.9. The quantitative estimate of drug-likeness (QED) is 0.0141. The van der Waals surface area contributed by atoms with Crippen LogP contribution in [0.3, 0.4) is 0 Å². The molecule has 7 amide bonds. The van der Waals surface area contributed by atoms with Crippen LogP contribution in [0.5, 0.6) is 5.75 Å². The minimum Gasteiger partial charge on any atom is -0.508 e. The highest BCUT2D eigenvalue weighted by Crippen LogP contribution is 2.21. The lowest BCUT2D eigenvalue weighted by Crippen LogP contribution is -2.62. The van der Waals surface area contributed by atoms with Crippen LogP contribution in [0.1, 0.15) is 76.6 Å². The van der Waals surface area contributed by atoms with E-state index in [9.17, 15) is 58.6 Å². The topological polar surface area (TPSA) is 398 Å². The van der Waals surface area contributed by atoms with Crippen molar-refractivity contribution in [3.63, 3.8) is 0 Å². The number of aromatic nitrogens is 2. The number of aromatic amines is 1. The van der Waals surface area contributed by atoms with Gasteiger partial charge in [0.1, 0.15) is 48.0 Å². The summed E-state index contributed by atoms with van der Waals surface area (Å²) in [6, 6.07) is 2.89. The zero-order valence-corrected chi connectivity index (χ0v) is 42.9. The van der Waals surface area contributed by atoms with Crippen molar-refractivity contribution < 1.29 is 58.6 Å². The van der Waals surface area contributed by atoms with Gasteiger partial charge in [-0.2, -0.15) is 0 Å². The molecule has 408 valence electrons. The van der Waals surface area contributed by atoms with Gasteiger partial charge in [-0.15, -0.1) is 0 Å². The Labute approximate surface area is 435 Å². The first-order valence-corrected chi connectivity index (χ1v) is 24.9. The lowest BCUT2D eigenvalue weighted by Gasteiger charge is -2.32. The smallest absolute Gasteiger partial charge is 0.488 e. The number of likely N-dealkylation sites (N-methyl/N-ethyl adjacent to an activating group) is 1. The Morgan fingerprint density at radius 3 is 1.96 bits per heavy atom. The van der Waals surface area contributed by atoms with E-state index in [1.807, 2.05) is 0 Å². The number of guanidine groups is 1. The minimum absolute atomic E-state index is 0.0523. The summed E-state index contributed by atoms with van der Waals surface area (Å²) < 4.78 is 0. The van der Waals surface area contributed by atoms with Crippen LogP contribution in [-0.2, 0) is 57.6 Å². The molecule has 1 aromatic heterocycles. The van der Waals surface area contributed by atoms with Gasteiger partial charge in [0.2, 0.25) is 41.4 Å². The van der Waals surface area contributed by atoms with Crippen molar-refractivity contribution in [2.24, 2.45) is 28.3 Å². The average Bonchev–Trinajstić information content (AvgIpc) is 4.08. The number of carbonyl (C=O) groups excluding carboxylic acids is 7. The summed E-state index contributed by atoms with van der Waals surface area (Å²) in [7, 11) is -0.165. The Bertz CT molecular complexity index is 2420. The van der Waals surface area contributed by atoms with E-state index in [1.54, 1.807) is 46.9 Å². The Hall–Kier alpha value is -7.58. The van der Waals surface area contributed by atoms with E-state index in [0.717, 1.165) is 0 Å². The van der Waals surface area contributed by atoms with E-state index >= 15 is 0 Å². The van der Waals surface area contributed by atoms with Crippen molar-refractivity contribution >= 4 is 65.9 Å². The van der Waals surface area contributed by atoms with Crippen molar-refractivity contribution in [2.45, 2.75) is 121 Å². The van der Waals surface area contributed by atoms with Gasteiger partial charge < -0.3 is 78.8 Å². The molecule has 1 aliphatic heterocycles. The third-order valence-electron chi connectivity index (χ3n) is 12.7. The number of carboxylic acids is 1. The predicted octanol–water partition coefficient (Wildman–Crippen LogP) is -3.22. The number of benzene rings is 2. The molecule has 0 aliphatic carbocycles. The van der Waals surface area contributed by atoms with Crippen molar-refractivity contribution in [3.05, 3.63) is 77.9 Å². The van der Waals surface area contributed by atoms with Crippen LogP contribution in [0, 0.1) is 11.8 Å². The van der Waals surface area contributed by atoms with Crippen LogP contribution in [-0.4, -0.2) is 165 Å². The van der Waals surface area contributed by atoms with Crippen molar-refractivity contribution in [1.82, 2.24) is 52.1 Å². The highest BCUT2D eigenvalue weighted by atomic mass is 16.4. The minimum atomic E-state index is -1.73. The van der Waals surface area contributed by atoms with E-state index in [0.29, 0.717) is 36.1 Å². The number of nitrogens with zero attached hydrogens (tertiary/aromatic N) is 3. The van der Waals surface area contributed by atoms with Crippen LogP contribution in [0.2, 0.25) is 0 Å². The largest absolute Gasteiger partial charge is 0.508 e. The first-order chi connectivity index (χ1) is 35.6. The van der Waals surface area contributed by atoms with Gasteiger partial charge in [-0.1, -0.05) is 70.5 Å². The van der Waals surface area contributed by atoms with Crippen molar-refractivity contribution in [2.75, 3.05) is 26.7 Å². The highest BCUT2D eigenvalue weighted by Gasteiger charge is 2.41. The Morgan fingerprint density at radius 1 is 0.787 bits per heavy atom. The van der Waals surface area contributed by atoms with E-state index in [-0.39, 0.29) is 68.9 Å². The van der Waals surface area contributed by atoms with Gasteiger partial charge in [0.25, 0.3) is 0 Å². The third kappa shape index (κ3) is 18.7. The number of H-pyrrole nitrogens is 1. The molecule has 0 saturated carbocycles. The number of nitrogens with one attached hydrogen (secondary N) is 8. The number of amides is 7. The van der Waals surface area contributed by atoms with Crippen LogP contribution in [0.15, 0.2) is 66.0 Å². The maximum Gasteiger partial charge on any atom is 0.488 e. The Morgan fingerprint density at radius 2 is 1.39 bits per heavy atom. The maximum absolute atomic E-state index is 14.6. The number of imidazole rings is 1. The molecule has 8 atom stereocenters. The zero-order valence-electron chi connectivity index (χ0n) is 42.9. The summed E-state index contributed by atoms with van der Waals surface area (Å²) in [6.45, 7) is 7.03. The molecular weight excluding hydrogens is 973 g/mol. The molecule has 1 saturated heterocycles. The van der Waals surface area contributed by atoms with Crippen LogP contribution in [0.25, 0.3) is 0 Å². The van der Waals surface area contributed by atoms with E-state index in [2.05, 4.69) is 52.2 Å². The fraction of sp³-hybridized carbons (Fsp3) is 0.510.